The molecular weight excluding hydrogens is 394 g/mol. The number of halogens is 1. The van der Waals surface area contributed by atoms with Crippen LogP contribution in [-0.4, -0.2) is 27.2 Å². The molecule has 7 heteroatoms. The maximum Gasteiger partial charge on any atom is 0.338 e. The first-order chi connectivity index (χ1) is 11.3. The Morgan fingerprint density at radius 2 is 1.67 bits per heavy atom. The van der Waals surface area contributed by atoms with E-state index in [9.17, 15) is 13.2 Å². The third-order valence-electron chi connectivity index (χ3n) is 3.31. The molecular formula is C17H18BrNO4S. The first-order valence-corrected chi connectivity index (χ1v) is 9.94. The van der Waals surface area contributed by atoms with Crippen LogP contribution in [0, 0.1) is 0 Å². The second-order valence-electron chi connectivity index (χ2n) is 5.16. The van der Waals surface area contributed by atoms with E-state index in [1.807, 2.05) is 0 Å². The number of benzene rings is 2. The van der Waals surface area contributed by atoms with Gasteiger partial charge in [-0.05, 0) is 48.9 Å². The Morgan fingerprint density at radius 1 is 1.08 bits per heavy atom. The lowest BCUT2D eigenvalue weighted by Crippen LogP contribution is -2.29. The number of hydrogen-bond donors (Lipinski definition) is 0. The number of nitrogens with zero attached hydrogens (tertiary/aromatic N) is 1. The average molecular weight is 412 g/mol. The number of ether oxygens (including phenoxy) is 1. The third-order valence-corrected chi connectivity index (χ3v) is 4.98. The van der Waals surface area contributed by atoms with E-state index in [4.69, 9.17) is 4.74 Å². The van der Waals surface area contributed by atoms with Gasteiger partial charge in [-0.2, -0.15) is 0 Å². The predicted octanol–water partition coefficient (Wildman–Crippen LogP) is 3.59. The van der Waals surface area contributed by atoms with Gasteiger partial charge in [0, 0.05) is 4.47 Å². The SMILES string of the molecule is CCOC(=O)c1ccc(CN(c2ccc(Br)cc2)S(C)(=O)=O)cc1. The Kier molecular flexibility index (Phi) is 6.01. The van der Waals surface area contributed by atoms with Gasteiger partial charge in [0.25, 0.3) is 0 Å². The second kappa shape index (κ2) is 7.81. The number of carbonyl (C=O) groups is 1. The Bertz CT molecular complexity index is 801. The van der Waals surface area contributed by atoms with E-state index in [1.54, 1.807) is 55.5 Å². The van der Waals surface area contributed by atoms with Gasteiger partial charge in [-0.3, -0.25) is 4.31 Å². The van der Waals surface area contributed by atoms with Crippen LogP contribution in [-0.2, 0) is 21.3 Å². The zero-order valence-electron chi connectivity index (χ0n) is 13.4. The molecule has 0 fully saturated rings. The van der Waals surface area contributed by atoms with E-state index in [0.717, 1.165) is 10.0 Å². The van der Waals surface area contributed by atoms with Crippen LogP contribution in [0.2, 0.25) is 0 Å². The van der Waals surface area contributed by atoms with Gasteiger partial charge in [-0.25, -0.2) is 13.2 Å². The summed E-state index contributed by atoms with van der Waals surface area (Å²) >= 11 is 3.33. The van der Waals surface area contributed by atoms with Crippen molar-refractivity contribution in [2.75, 3.05) is 17.2 Å². The molecule has 0 N–H and O–H groups in total. The van der Waals surface area contributed by atoms with Crippen molar-refractivity contribution in [2.45, 2.75) is 13.5 Å². The molecule has 128 valence electrons. The Morgan fingerprint density at radius 3 is 2.17 bits per heavy atom. The van der Waals surface area contributed by atoms with E-state index in [0.29, 0.717) is 17.9 Å². The van der Waals surface area contributed by atoms with Crippen LogP contribution in [0.15, 0.2) is 53.0 Å². The first kappa shape index (κ1) is 18.5. The molecule has 0 atom stereocenters. The number of sulfonamides is 1. The van der Waals surface area contributed by atoms with Gasteiger partial charge in [0.05, 0.1) is 30.7 Å². The van der Waals surface area contributed by atoms with E-state index < -0.39 is 16.0 Å². The molecule has 2 aromatic rings. The highest BCUT2D eigenvalue weighted by Crippen LogP contribution is 2.23. The van der Waals surface area contributed by atoms with Crippen LogP contribution >= 0.6 is 15.9 Å². The third kappa shape index (κ3) is 4.82. The van der Waals surface area contributed by atoms with Crippen molar-refractivity contribution < 1.29 is 17.9 Å². The van der Waals surface area contributed by atoms with E-state index in [-0.39, 0.29) is 6.54 Å². The topological polar surface area (TPSA) is 63.7 Å². The molecule has 0 saturated carbocycles. The number of anilines is 1. The standard InChI is InChI=1S/C17H18BrNO4S/c1-3-23-17(20)14-6-4-13(5-7-14)12-19(24(2,21)22)16-10-8-15(18)9-11-16/h4-11H,3,12H2,1-2H3. The smallest absolute Gasteiger partial charge is 0.338 e. The summed E-state index contributed by atoms with van der Waals surface area (Å²) in [5.41, 5.74) is 1.79. The van der Waals surface area contributed by atoms with E-state index in [1.165, 1.54) is 10.6 Å². The summed E-state index contributed by atoms with van der Waals surface area (Å²) in [5.74, 6) is -0.392. The van der Waals surface area contributed by atoms with Crippen molar-refractivity contribution in [1.29, 1.82) is 0 Å². The van der Waals surface area contributed by atoms with Gasteiger partial charge < -0.3 is 4.74 Å². The van der Waals surface area contributed by atoms with Gasteiger partial charge in [-0.15, -0.1) is 0 Å². The molecule has 2 rings (SSSR count). The lowest BCUT2D eigenvalue weighted by molar-refractivity contribution is 0.0526. The quantitative estimate of drug-likeness (QED) is 0.681. The molecule has 0 amide bonds. The molecule has 0 aliphatic rings. The average Bonchev–Trinajstić information content (AvgIpc) is 2.53. The lowest BCUT2D eigenvalue weighted by Gasteiger charge is -2.22. The monoisotopic (exact) mass is 411 g/mol. The molecule has 0 radical (unpaired) electrons. The molecule has 5 nitrogen and oxygen atoms in total. The minimum atomic E-state index is -3.44. The van der Waals surface area contributed by atoms with Gasteiger partial charge in [0.15, 0.2) is 0 Å². The van der Waals surface area contributed by atoms with Crippen molar-refractivity contribution in [1.82, 2.24) is 0 Å². The maximum absolute atomic E-state index is 12.1. The zero-order chi connectivity index (χ0) is 17.7. The van der Waals surface area contributed by atoms with Gasteiger partial charge >= 0.3 is 5.97 Å². The van der Waals surface area contributed by atoms with E-state index >= 15 is 0 Å². The minimum Gasteiger partial charge on any atom is -0.462 e. The van der Waals surface area contributed by atoms with Crippen LogP contribution < -0.4 is 4.31 Å². The van der Waals surface area contributed by atoms with Crippen molar-refractivity contribution in [2.24, 2.45) is 0 Å². The van der Waals surface area contributed by atoms with Crippen LogP contribution in [0.4, 0.5) is 5.69 Å². The number of rotatable bonds is 6. The van der Waals surface area contributed by atoms with Crippen LogP contribution in [0.5, 0.6) is 0 Å². The summed E-state index contributed by atoms with van der Waals surface area (Å²) in [6.07, 6.45) is 1.17. The Balaban J connectivity index is 2.24. The molecule has 0 saturated heterocycles. The molecule has 0 spiro atoms. The number of esters is 1. The molecule has 24 heavy (non-hydrogen) atoms. The summed E-state index contributed by atoms with van der Waals surface area (Å²) in [6.45, 7) is 2.24. The normalized spacial score (nSPS) is 11.1. The molecule has 0 aliphatic carbocycles. The summed E-state index contributed by atoms with van der Waals surface area (Å²) in [7, 11) is -3.44. The number of hydrogen-bond acceptors (Lipinski definition) is 4. The highest BCUT2D eigenvalue weighted by molar-refractivity contribution is 9.10. The summed E-state index contributed by atoms with van der Waals surface area (Å²) < 4.78 is 31.4. The fraction of sp³-hybridized carbons (Fsp3) is 0.235. The molecule has 0 bridgehead atoms. The molecule has 0 aliphatic heterocycles. The van der Waals surface area contributed by atoms with Crippen molar-refractivity contribution in [3.8, 4) is 0 Å². The van der Waals surface area contributed by atoms with Crippen LogP contribution in [0.1, 0.15) is 22.8 Å². The molecule has 0 unspecified atom stereocenters. The van der Waals surface area contributed by atoms with Gasteiger partial charge in [0.1, 0.15) is 0 Å². The first-order valence-electron chi connectivity index (χ1n) is 7.30. The van der Waals surface area contributed by atoms with Crippen molar-refractivity contribution in [3.05, 3.63) is 64.1 Å². The van der Waals surface area contributed by atoms with Crippen molar-refractivity contribution in [3.63, 3.8) is 0 Å². The van der Waals surface area contributed by atoms with Crippen molar-refractivity contribution >= 4 is 37.6 Å². The van der Waals surface area contributed by atoms with E-state index in [2.05, 4.69) is 15.9 Å². The molecule has 2 aromatic carbocycles. The van der Waals surface area contributed by atoms with Gasteiger partial charge in [-0.1, -0.05) is 28.1 Å². The largest absolute Gasteiger partial charge is 0.462 e. The summed E-state index contributed by atoms with van der Waals surface area (Å²) in [5, 5.41) is 0. The zero-order valence-corrected chi connectivity index (χ0v) is 15.8. The Hall–Kier alpha value is -1.86. The maximum atomic E-state index is 12.1. The Labute approximate surface area is 150 Å². The van der Waals surface area contributed by atoms with Crippen LogP contribution in [0.25, 0.3) is 0 Å². The second-order valence-corrected chi connectivity index (χ2v) is 7.99. The number of carbonyl (C=O) groups excluding carboxylic acids is 1. The highest BCUT2D eigenvalue weighted by Gasteiger charge is 2.18. The van der Waals surface area contributed by atoms with Crippen LogP contribution in [0.3, 0.4) is 0 Å². The fourth-order valence-corrected chi connectivity index (χ4v) is 3.29. The molecule has 0 heterocycles. The predicted molar refractivity (Wildman–Crippen MR) is 97.6 cm³/mol. The highest BCUT2D eigenvalue weighted by atomic mass is 79.9. The summed E-state index contributed by atoms with van der Waals surface area (Å²) in [6, 6.07) is 13.8. The summed E-state index contributed by atoms with van der Waals surface area (Å²) in [4.78, 5) is 11.7. The lowest BCUT2D eigenvalue weighted by atomic mass is 10.1. The molecule has 0 aromatic heterocycles. The minimum absolute atomic E-state index is 0.184. The van der Waals surface area contributed by atoms with Gasteiger partial charge in [0.2, 0.25) is 10.0 Å². The fourth-order valence-electron chi connectivity index (χ4n) is 2.13.